The van der Waals surface area contributed by atoms with E-state index in [1.807, 2.05) is 32.0 Å². The van der Waals surface area contributed by atoms with Crippen LogP contribution in [-0.2, 0) is 11.2 Å². The number of rotatable bonds is 4. The molecule has 0 aliphatic rings. The Morgan fingerprint density at radius 2 is 1.91 bits per heavy atom. The third-order valence-corrected chi connectivity index (χ3v) is 3.63. The number of carbonyl (C=O) groups is 1. The first-order valence-corrected chi connectivity index (χ1v) is 6.98. The fourth-order valence-corrected chi connectivity index (χ4v) is 2.37. The molecule has 1 N–H and O–H groups in total. The SMILES string of the molecule is Cc1ccc(CC(=O)Nc2cccc([N+](=O)[O-])c2C)c(C)c1. The van der Waals surface area contributed by atoms with Crippen molar-refractivity contribution in [3.8, 4) is 0 Å². The molecule has 1 amide bonds. The predicted molar refractivity (Wildman–Crippen MR) is 86.1 cm³/mol. The molecule has 2 rings (SSSR count). The summed E-state index contributed by atoms with van der Waals surface area (Å²) in [6, 6.07) is 10.6. The highest BCUT2D eigenvalue weighted by Gasteiger charge is 2.15. The summed E-state index contributed by atoms with van der Waals surface area (Å²) in [7, 11) is 0. The highest BCUT2D eigenvalue weighted by atomic mass is 16.6. The minimum Gasteiger partial charge on any atom is -0.325 e. The van der Waals surface area contributed by atoms with Gasteiger partial charge in [0.1, 0.15) is 0 Å². The van der Waals surface area contributed by atoms with Gasteiger partial charge in [-0.15, -0.1) is 0 Å². The van der Waals surface area contributed by atoms with Crippen LogP contribution in [0.2, 0.25) is 0 Å². The minimum atomic E-state index is -0.449. The molecule has 0 heterocycles. The third kappa shape index (κ3) is 3.49. The van der Waals surface area contributed by atoms with E-state index in [9.17, 15) is 14.9 Å². The standard InChI is InChI=1S/C17H18N2O3/c1-11-7-8-14(12(2)9-11)10-17(20)18-15-5-4-6-16(13(15)3)19(21)22/h4-9H,10H2,1-3H3,(H,18,20). The second kappa shape index (κ2) is 6.39. The Bertz CT molecular complexity index is 739. The van der Waals surface area contributed by atoms with E-state index in [4.69, 9.17) is 0 Å². The van der Waals surface area contributed by atoms with Gasteiger partial charge in [-0.05, 0) is 38.0 Å². The number of anilines is 1. The molecular weight excluding hydrogens is 280 g/mol. The van der Waals surface area contributed by atoms with E-state index in [-0.39, 0.29) is 18.0 Å². The number of hydrogen-bond acceptors (Lipinski definition) is 3. The molecule has 0 aliphatic carbocycles. The quantitative estimate of drug-likeness (QED) is 0.691. The van der Waals surface area contributed by atoms with E-state index < -0.39 is 4.92 Å². The monoisotopic (exact) mass is 298 g/mol. The maximum Gasteiger partial charge on any atom is 0.274 e. The zero-order valence-electron chi connectivity index (χ0n) is 12.8. The lowest BCUT2D eigenvalue weighted by molar-refractivity contribution is -0.385. The van der Waals surface area contributed by atoms with E-state index in [1.165, 1.54) is 6.07 Å². The van der Waals surface area contributed by atoms with E-state index in [0.29, 0.717) is 11.3 Å². The Labute approximate surface area is 129 Å². The zero-order valence-corrected chi connectivity index (χ0v) is 12.8. The highest BCUT2D eigenvalue weighted by Crippen LogP contribution is 2.25. The summed E-state index contributed by atoms with van der Waals surface area (Å²) in [5, 5.41) is 13.7. The van der Waals surface area contributed by atoms with Crippen molar-refractivity contribution in [1.82, 2.24) is 0 Å². The van der Waals surface area contributed by atoms with Crippen molar-refractivity contribution >= 4 is 17.3 Å². The number of hydrogen-bond donors (Lipinski definition) is 1. The summed E-state index contributed by atoms with van der Waals surface area (Å²) in [5.74, 6) is -0.185. The largest absolute Gasteiger partial charge is 0.325 e. The number of carbonyl (C=O) groups excluding carboxylic acids is 1. The number of nitro groups is 1. The topological polar surface area (TPSA) is 72.2 Å². The average molecular weight is 298 g/mol. The maximum absolute atomic E-state index is 12.2. The number of nitrogens with one attached hydrogen (secondary N) is 1. The Hall–Kier alpha value is -2.69. The van der Waals surface area contributed by atoms with Crippen LogP contribution in [0.15, 0.2) is 36.4 Å². The van der Waals surface area contributed by atoms with Gasteiger partial charge in [-0.1, -0.05) is 29.8 Å². The van der Waals surface area contributed by atoms with Gasteiger partial charge in [-0.25, -0.2) is 0 Å². The van der Waals surface area contributed by atoms with Gasteiger partial charge in [0.2, 0.25) is 5.91 Å². The van der Waals surface area contributed by atoms with Gasteiger partial charge in [0.15, 0.2) is 0 Å². The second-order valence-corrected chi connectivity index (χ2v) is 5.36. The van der Waals surface area contributed by atoms with Crippen molar-refractivity contribution in [1.29, 1.82) is 0 Å². The molecule has 0 atom stereocenters. The average Bonchev–Trinajstić information content (AvgIpc) is 2.44. The summed E-state index contributed by atoms with van der Waals surface area (Å²) >= 11 is 0. The lowest BCUT2D eigenvalue weighted by atomic mass is 10.0. The Morgan fingerprint density at radius 3 is 2.55 bits per heavy atom. The number of aryl methyl sites for hydroxylation is 2. The van der Waals surface area contributed by atoms with Crippen LogP contribution in [-0.4, -0.2) is 10.8 Å². The number of nitro benzene ring substituents is 1. The molecule has 0 aromatic heterocycles. The van der Waals surface area contributed by atoms with Crippen LogP contribution in [0.4, 0.5) is 11.4 Å². The fraction of sp³-hybridized carbons (Fsp3) is 0.235. The molecule has 2 aromatic carbocycles. The first kappa shape index (κ1) is 15.7. The van der Waals surface area contributed by atoms with Gasteiger partial charge >= 0.3 is 0 Å². The fourth-order valence-electron chi connectivity index (χ4n) is 2.37. The summed E-state index contributed by atoms with van der Waals surface area (Å²) in [5.41, 5.74) is 4.10. The van der Waals surface area contributed by atoms with Crippen LogP contribution in [0.3, 0.4) is 0 Å². The van der Waals surface area contributed by atoms with Gasteiger partial charge in [-0.3, -0.25) is 14.9 Å². The molecule has 22 heavy (non-hydrogen) atoms. The molecule has 5 heteroatoms. The van der Waals surface area contributed by atoms with Gasteiger partial charge < -0.3 is 5.32 Å². The molecular formula is C17H18N2O3. The molecule has 0 fully saturated rings. The molecule has 5 nitrogen and oxygen atoms in total. The highest BCUT2D eigenvalue weighted by molar-refractivity contribution is 5.93. The van der Waals surface area contributed by atoms with Gasteiger partial charge in [0, 0.05) is 6.07 Å². The summed E-state index contributed by atoms with van der Waals surface area (Å²) < 4.78 is 0. The van der Waals surface area contributed by atoms with Crippen LogP contribution in [0.1, 0.15) is 22.3 Å². The third-order valence-electron chi connectivity index (χ3n) is 3.63. The van der Waals surface area contributed by atoms with E-state index in [2.05, 4.69) is 5.32 Å². The molecule has 0 radical (unpaired) electrons. The molecule has 0 spiro atoms. The van der Waals surface area contributed by atoms with Gasteiger partial charge in [0.05, 0.1) is 22.6 Å². The van der Waals surface area contributed by atoms with Crippen molar-refractivity contribution in [3.05, 3.63) is 68.8 Å². The van der Waals surface area contributed by atoms with Crippen molar-refractivity contribution in [2.45, 2.75) is 27.2 Å². The Morgan fingerprint density at radius 1 is 1.18 bits per heavy atom. The predicted octanol–water partition coefficient (Wildman–Crippen LogP) is 3.70. The molecule has 114 valence electrons. The second-order valence-electron chi connectivity index (χ2n) is 5.36. The smallest absolute Gasteiger partial charge is 0.274 e. The lowest BCUT2D eigenvalue weighted by Gasteiger charge is -2.10. The van der Waals surface area contributed by atoms with Crippen molar-refractivity contribution in [2.24, 2.45) is 0 Å². The maximum atomic E-state index is 12.2. The molecule has 0 unspecified atom stereocenters. The Balaban J connectivity index is 2.16. The first-order valence-electron chi connectivity index (χ1n) is 6.98. The van der Waals surface area contributed by atoms with Crippen LogP contribution >= 0.6 is 0 Å². The lowest BCUT2D eigenvalue weighted by Crippen LogP contribution is -2.16. The normalized spacial score (nSPS) is 10.3. The first-order chi connectivity index (χ1) is 10.4. The van der Waals surface area contributed by atoms with Crippen molar-refractivity contribution in [3.63, 3.8) is 0 Å². The van der Waals surface area contributed by atoms with E-state index >= 15 is 0 Å². The minimum absolute atomic E-state index is 0.00400. The Kier molecular flexibility index (Phi) is 4.56. The van der Waals surface area contributed by atoms with Crippen LogP contribution in [0.25, 0.3) is 0 Å². The summed E-state index contributed by atoms with van der Waals surface area (Å²) in [4.78, 5) is 22.6. The van der Waals surface area contributed by atoms with E-state index in [0.717, 1.165) is 16.7 Å². The molecule has 0 saturated carbocycles. The zero-order chi connectivity index (χ0) is 16.3. The van der Waals surface area contributed by atoms with Gasteiger partial charge in [0.25, 0.3) is 5.69 Å². The van der Waals surface area contributed by atoms with Crippen LogP contribution in [0, 0.1) is 30.9 Å². The van der Waals surface area contributed by atoms with E-state index in [1.54, 1.807) is 19.1 Å². The molecule has 0 bridgehead atoms. The summed E-state index contributed by atoms with van der Waals surface area (Å²) in [6.45, 7) is 5.60. The van der Waals surface area contributed by atoms with Gasteiger partial charge in [-0.2, -0.15) is 0 Å². The molecule has 0 aliphatic heterocycles. The van der Waals surface area contributed by atoms with Crippen LogP contribution < -0.4 is 5.32 Å². The van der Waals surface area contributed by atoms with Crippen LogP contribution in [0.5, 0.6) is 0 Å². The summed E-state index contributed by atoms with van der Waals surface area (Å²) in [6.07, 6.45) is 0.244. The molecule has 2 aromatic rings. The number of nitrogens with zero attached hydrogens (tertiary/aromatic N) is 1. The number of amides is 1. The van der Waals surface area contributed by atoms with Crippen molar-refractivity contribution in [2.75, 3.05) is 5.32 Å². The number of benzene rings is 2. The van der Waals surface area contributed by atoms with Crippen molar-refractivity contribution < 1.29 is 9.72 Å². The molecule has 0 saturated heterocycles.